The molecule has 7 nitrogen and oxygen atoms in total. The summed E-state index contributed by atoms with van der Waals surface area (Å²) < 4.78 is 5.71. The van der Waals surface area contributed by atoms with Crippen LogP contribution in [0, 0.1) is 45.9 Å². The number of benzene rings is 2. The van der Waals surface area contributed by atoms with Crippen LogP contribution in [0.3, 0.4) is 0 Å². The Morgan fingerprint density at radius 2 is 1.72 bits per heavy atom. The van der Waals surface area contributed by atoms with Crippen molar-refractivity contribution >= 4 is 35.0 Å². The summed E-state index contributed by atoms with van der Waals surface area (Å²) in [6.45, 7) is 11.7. The van der Waals surface area contributed by atoms with Gasteiger partial charge in [0.15, 0.2) is 0 Å². The molecule has 1 aromatic heterocycles. The van der Waals surface area contributed by atoms with Crippen LogP contribution in [0.5, 0.6) is 0 Å². The summed E-state index contributed by atoms with van der Waals surface area (Å²) in [5, 5.41) is 20.0. The molecule has 0 radical (unpaired) electrons. The molecule has 2 heterocycles. The molecule has 2 aromatic carbocycles. The second-order valence-corrected chi connectivity index (χ2v) is 10.8. The molecule has 0 unspecified atom stereocenters. The topological polar surface area (TPSA) is 107 Å². The van der Waals surface area contributed by atoms with Gasteiger partial charge in [0.2, 0.25) is 5.91 Å². The SMILES string of the molecule is CC1=C(C(=O)Nc2c(C)cc(C)cc2C)[C@@H](c2ccco2)C(C#N)=C(SCC(=O)Nc2cccc(C)c2C)N1. The lowest BCUT2D eigenvalue weighted by Crippen LogP contribution is -2.31. The van der Waals surface area contributed by atoms with E-state index in [-0.39, 0.29) is 17.6 Å². The highest BCUT2D eigenvalue weighted by Gasteiger charge is 2.36. The van der Waals surface area contributed by atoms with Crippen molar-refractivity contribution in [2.75, 3.05) is 16.4 Å². The van der Waals surface area contributed by atoms with Crippen molar-refractivity contribution in [1.82, 2.24) is 5.32 Å². The minimum absolute atomic E-state index is 0.0857. The Morgan fingerprint density at radius 3 is 2.36 bits per heavy atom. The largest absolute Gasteiger partial charge is 0.468 e. The molecule has 0 fully saturated rings. The molecule has 1 aliphatic heterocycles. The number of allylic oxidation sites excluding steroid dienone is 2. The lowest BCUT2D eigenvalue weighted by atomic mass is 9.85. The van der Waals surface area contributed by atoms with Gasteiger partial charge in [-0.25, -0.2) is 0 Å². The van der Waals surface area contributed by atoms with Crippen LogP contribution < -0.4 is 16.0 Å². The van der Waals surface area contributed by atoms with Crippen LogP contribution >= 0.6 is 11.8 Å². The van der Waals surface area contributed by atoms with Crippen molar-refractivity contribution in [2.45, 2.75) is 47.5 Å². The highest BCUT2D eigenvalue weighted by Crippen LogP contribution is 2.41. The number of dihydropyridines is 1. The zero-order chi connectivity index (χ0) is 28.3. The monoisotopic (exact) mass is 540 g/mol. The molecule has 1 atom stereocenters. The fraction of sp³-hybridized carbons (Fsp3) is 0.258. The zero-order valence-electron chi connectivity index (χ0n) is 23.0. The number of carbonyl (C=O) groups is 2. The number of nitriles is 1. The van der Waals surface area contributed by atoms with Gasteiger partial charge < -0.3 is 20.4 Å². The predicted octanol–water partition coefficient (Wildman–Crippen LogP) is 6.53. The maximum atomic E-state index is 13.7. The highest BCUT2D eigenvalue weighted by atomic mass is 32.2. The maximum absolute atomic E-state index is 13.7. The Bertz CT molecular complexity index is 1520. The van der Waals surface area contributed by atoms with E-state index in [2.05, 4.69) is 22.0 Å². The van der Waals surface area contributed by atoms with E-state index in [1.807, 2.05) is 65.0 Å². The third-order valence-electron chi connectivity index (χ3n) is 6.86. The van der Waals surface area contributed by atoms with Crippen LogP contribution in [0.4, 0.5) is 11.4 Å². The average molecular weight is 541 g/mol. The second kappa shape index (κ2) is 11.7. The molecule has 39 heavy (non-hydrogen) atoms. The fourth-order valence-electron chi connectivity index (χ4n) is 4.84. The Labute approximate surface area is 233 Å². The lowest BCUT2D eigenvalue weighted by Gasteiger charge is -2.28. The van der Waals surface area contributed by atoms with Gasteiger partial charge in [0.25, 0.3) is 5.91 Å². The smallest absolute Gasteiger partial charge is 0.254 e. The zero-order valence-corrected chi connectivity index (χ0v) is 23.8. The summed E-state index contributed by atoms with van der Waals surface area (Å²) in [7, 11) is 0. The molecule has 3 aromatic rings. The first-order valence-electron chi connectivity index (χ1n) is 12.6. The summed E-state index contributed by atoms with van der Waals surface area (Å²) >= 11 is 1.22. The maximum Gasteiger partial charge on any atom is 0.254 e. The molecule has 0 bridgehead atoms. The molecule has 0 saturated heterocycles. The van der Waals surface area contributed by atoms with E-state index >= 15 is 0 Å². The minimum Gasteiger partial charge on any atom is -0.468 e. The number of anilines is 2. The summed E-state index contributed by atoms with van der Waals surface area (Å²) in [4.78, 5) is 26.5. The van der Waals surface area contributed by atoms with E-state index < -0.39 is 5.92 Å². The molecule has 8 heteroatoms. The number of rotatable bonds is 7. The third-order valence-corrected chi connectivity index (χ3v) is 7.88. The highest BCUT2D eigenvalue weighted by molar-refractivity contribution is 8.03. The summed E-state index contributed by atoms with van der Waals surface area (Å²) in [6, 6.07) is 15.6. The Kier molecular flexibility index (Phi) is 8.32. The van der Waals surface area contributed by atoms with Gasteiger partial charge >= 0.3 is 0 Å². The molecule has 0 saturated carbocycles. The van der Waals surface area contributed by atoms with Gasteiger partial charge in [0.05, 0.1) is 40.2 Å². The van der Waals surface area contributed by atoms with E-state index in [4.69, 9.17) is 4.42 Å². The number of hydrogen-bond donors (Lipinski definition) is 3. The first kappa shape index (κ1) is 27.8. The first-order chi connectivity index (χ1) is 18.6. The van der Waals surface area contributed by atoms with E-state index in [0.29, 0.717) is 27.6 Å². The van der Waals surface area contributed by atoms with E-state index in [1.54, 1.807) is 19.1 Å². The fourth-order valence-corrected chi connectivity index (χ4v) is 5.73. The van der Waals surface area contributed by atoms with Gasteiger partial charge in [0.1, 0.15) is 5.76 Å². The molecule has 200 valence electrons. The van der Waals surface area contributed by atoms with Crippen LogP contribution in [0.1, 0.15) is 46.4 Å². The molecule has 0 aliphatic carbocycles. The van der Waals surface area contributed by atoms with Crippen molar-refractivity contribution in [3.05, 3.63) is 104 Å². The quantitative estimate of drug-likeness (QED) is 0.315. The molecule has 0 spiro atoms. The molecule has 1 aliphatic rings. The van der Waals surface area contributed by atoms with Crippen molar-refractivity contribution in [3.8, 4) is 6.07 Å². The van der Waals surface area contributed by atoms with Crippen LogP contribution in [-0.2, 0) is 9.59 Å². The second-order valence-electron chi connectivity index (χ2n) is 9.78. The summed E-state index contributed by atoms with van der Waals surface area (Å²) in [5.41, 5.74) is 7.94. The number of thioether (sulfide) groups is 1. The number of nitrogens with zero attached hydrogens (tertiary/aromatic N) is 1. The van der Waals surface area contributed by atoms with Crippen LogP contribution in [-0.4, -0.2) is 17.6 Å². The third kappa shape index (κ3) is 5.94. The van der Waals surface area contributed by atoms with E-state index in [9.17, 15) is 14.9 Å². The van der Waals surface area contributed by atoms with Crippen molar-refractivity contribution in [2.24, 2.45) is 0 Å². The average Bonchev–Trinajstić information content (AvgIpc) is 3.42. The predicted molar refractivity (Wildman–Crippen MR) is 156 cm³/mol. The first-order valence-corrected chi connectivity index (χ1v) is 13.6. The van der Waals surface area contributed by atoms with E-state index in [0.717, 1.165) is 39.2 Å². The van der Waals surface area contributed by atoms with Gasteiger partial charge in [-0.1, -0.05) is 41.6 Å². The van der Waals surface area contributed by atoms with Crippen molar-refractivity contribution < 1.29 is 14.0 Å². The van der Waals surface area contributed by atoms with Crippen LogP contribution in [0.15, 0.2) is 75.0 Å². The molecule has 4 rings (SSSR count). The number of amides is 2. The number of carbonyl (C=O) groups excluding carboxylic acids is 2. The summed E-state index contributed by atoms with van der Waals surface area (Å²) in [6.07, 6.45) is 1.52. The Balaban J connectivity index is 1.61. The number of furan rings is 1. The van der Waals surface area contributed by atoms with Crippen LogP contribution in [0.2, 0.25) is 0 Å². The number of hydrogen-bond acceptors (Lipinski definition) is 6. The van der Waals surface area contributed by atoms with Gasteiger partial charge in [-0.2, -0.15) is 5.26 Å². The molecule has 3 N–H and O–H groups in total. The minimum atomic E-state index is -0.720. The number of aryl methyl sites for hydroxylation is 4. The summed E-state index contributed by atoms with van der Waals surface area (Å²) in [5.74, 6) is -0.663. The molecule has 2 amide bonds. The van der Waals surface area contributed by atoms with Crippen molar-refractivity contribution in [1.29, 1.82) is 5.26 Å². The standard InChI is InChI=1S/C31H32N4O3S/c1-17-13-19(3)29(20(4)14-17)35-30(37)27-22(6)33-31(23(15-32)28(27)25-11-8-12-38-25)39-16-26(36)34-24-10-7-9-18(2)21(24)5/h7-14,28,33H,16H2,1-6H3,(H,34,36)(H,35,37)/t28-/m1/s1. The van der Waals surface area contributed by atoms with Crippen LogP contribution in [0.25, 0.3) is 0 Å². The van der Waals surface area contributed by atoms with Gasteiger partial charge in [-0.3, -0.25) is 9.59 Å². The number of nitrogens with one attached hydrogen (secondary N) is 3. The lowest BCUT2D eigenvalue weighted by molar-refractivity contribution is -0.114. The molecular formula is C31H32N4O3S. The van der Waals surface area contributed by atoms with E-state index in [1.165, 1.54) is 18.0 Å². The Morgan fingerprint density at radius 1 is 1.00 bits per heavy atom. The normalized spacial score (nSPS) is 15.1. The molecular weight excluding hydrogens is 508 g/mol. The van der Waals surface area contributed by atoms with Gasteiger partial charge in [-0.15, -0.1) is 0 Å². The van der Waals surface area contributed by atoms with Gasteiger partial charge in [0, 0.05) is 17.1 Å². The van der Waals surface area contributed by atoms with Gasteiger partial charge in [-0.05, 0) is 82.0 Å². The van der Waals surface area contributed by atoms with Crippen molar-refractivity contribution in [3.63, 3.8) is 0 Å². The Hall–Kier alpha value is -4.22.